The zero-order valence-corrected chi connectivity index (χ0v) is 20.4. The molecular formula is C26H30N6O3. The van der Waals surface area contributed by atoms with Crippen molar-refractivity contribution in [3.05, 3.63) is 48.2 Å². The van der Waals surface area contributed by atoms with Crippen LogP contribution >= 0.6 is 0 Å². The highest BCUT2D eigenvalue weighted by atomic mass is 16.6. The second kappa shape index (κ2) is 8.31. The van der Waals surface area contributed by atoms with Crippen molar-refractivity contribution < 1.29 is 14.6 Å². The zero-order valence-electron chi connectivity index (χ0n) is 20.4. The molecule has 182 valence electrons. The molecule has 2 fully saturated rings. The smallest absolute Gasteiger partial charge is 0.416 e. The van der Waals surface area contributed by atoms with Crippen molar-refractivity contribution in [2.45, 2.75) is 64.0 Å². The van der Waals surface area contributed by atoms with E-state index >= 15 is 0 Å². The van der Waals surface area contributed by atoms with E-state index in [2.05, 4.69) is 32.5 Å². The molecule has 1 N–H and O–H groups in total. The lowest BCUT2D eigenvalue weighted by atomic mass is 9.68. The fourth-order valence-corrected chi connectivity index (χ4v) is 5.50. The van der Waals surface area contributed by atoms with E-state index in [0.717, 1.165) is 43.3 Å². The van der Waals surface area contributed by atoms with Crippen molar-refractivity contribution in [3.8, 4) is 6.07 Å². The average molecular weight is 475 g/mol. The van der Waals surface area contributed by atoms with Gasteiger partial charge in [0, 0.05) is 12.0 Å². The number of ether oxygens (including phenoxy) is 1. The molecule has 1 aliphatic carbocycles. The Hall–Kier alpha value is -3.51. The molecule has 0 radical (unpaired) electrons. The van der Waals surface area contributed by atoms with E-state index in [-0.39, 0.29) is 12.0 Å². The Balaban J connectivity index is 1.36. The summed E-state index contributed by atoms with van der Waals surface area (Å²) in [7, 11) is 0. The lowest BCUT2D eigenvalue weighted by Crippen LogP contribution is -2.45. The van der Waals surface area contributed by atoms with Crippen LogP contribution in [-0.4, -0.2) is 49.5 Å². The molecule has 1 aliphatic heterocycles. The normalized spacial score (nSPS) is 24.7. The van der Waals surface area contributed by atoms with Gasteiger partial charge in [0.05, 0.1) is 60.2 Å². The number of aliphatic hydroxyl groups excluding tert-OH is 1. The minimum Gasteiger partial charge on any atom is -0.441 e. The Morgan fingerprint density at radius 2 is 2.06 bits per heavy atom. The van der Waals surface area contributed by atoms with Crippen LogP contribution in [0.5, 0.6) is 0 Å². The predicted octanol–water partition coefficient (Wildman–Crippen LogP) is 3.94. The summed E-state index contributed by atoms with van der Waals surface area (Å²) in [4.78, 5) is 27.9. The summed E-state index contributed by atoms with van der Waals surface area (Å²) in [5.41, 5.74) is 1.89. The SMILES string of the molecule is CC(C)(CO)c1cnc(N2C[C@]3(CCC[C@](C)(Cn4cnc5ccc(C#N)cc54)C3)OC2=O)cn1. The molecule has 5 rings (SSSR count). The number of aromatic nitrogens is 4. The van der Waals surface area contributed by atoms with E-state index in [1.54, 1.807) is 23.4 Å². The molecule has 1 aromatic carbocycles. The van der Waals surface area contributed by atoms with Crippen LogP contribution in [0.2, 0.25) is 0 Å². The maximum atomic E-state index is 12.9. The summed E-state index contributed by atoms with van der Waals surface area (Å²) in [6.07, 6.45) is 8.12. The zero-order chi connectivity index (χ0) is 24.8. The van der Waals surface area contributed by atoms with E-state index < -0.39 is 17.1 Å². The van der Waals surface area contributed by atoms with Crippen LogP contribution < -0.4 is 4.90 Å². The first kappa shape index (κ1) is 23.2. The van der Waals surface area contributed by atoms with Gasteiger partial charge in [0.25, 0.3) is 0 Å². The van der Waals surface area contributed by atoms with Gasteiger partial charge >= 0.3 is 6.09 Å². The first-order valence-corrected chi connectivity index (χ1v) is 11.9. The molecule has 1 saturated carbocycles. The second-order valence-corrected chi connectivity index (χ2v) is 11.0. The Kier molecular flexibility index (Phi) is 5.52. The molecule has 2 aromatic heterocycles. The second-order valence-electron chi connectivity index (χ2n) is 11.0. The van der Waals surface area contributed by atoms with Gasteiger partial charge in [-0.25, -0.2) is 14.8 Å². The summed E-state index contributed by atoms with van der Waals surface area (Å²) in [6.45, 7) is 7.13. The first-order chi connectivity index (χ1) is 16.7. The molecule has 1 saturated heterocycles. The number of aliphatic hydroxyl groups is 1. The van der Waals surface area contributed by atoms with Crippen molar-refractivity contribution >= 4 is 22.9 Å². The highest BCUT2D eigenvalue weighted by Gasteiger charge is 2.52. The number of benzene rings is 1. The lowest BCUT2D eigenvalue weighted by molar-refractivity contribution is -0.0264. The maximum absolute atomic E-state index is 12.9. The van der Waals surface area contributed by atoms with Gasteiger partial charge in [-0.15, -0.1) is 0 Å². The Morgan fingerprint density at radius 1 is 1.23 bits per heavy atom. The van der Waals surface area contributed by atoms with Crippen molar-refractivity contribution in [2.75, 3.05) is 18.1 Å². The summed E-state index contributed by atoms with van der Waals surface area (Å²) in [6, 6.07) is 7.73. The van der Waals surface area contributed by atoms with Gasteiger partial charge in [-0.1, -0.05) is 20.8 Å². The third-order valence-electron chi connectivity index (χ3n) is 7.44. The molecule has 35 heavy (non-hydrogen) atoms. The number of fused-ring (bicyclic) bond motifs is 1. The Labute approximate surface area is 204 Å². The number of anilines is 1. The first-order valence-electron chi connectivity index (χ1n) is 11.9. The van der Waals surface area contributed by atoms with Crippen LogP contribution in [0.25, 0.3) is 11.0 Å². The fourth-order valence-electron chi connectivity index (χ4n) is 5.50. The number of carbonyl (C=O) groups is 1. The summed E-state index contributed by atoms with van der Waals surface area (Å²) in [5, 5.41) is 18.9. The van der Waals surface area contributed by atoms with Gasteiger partial charge in [0.1, 0.15) is 5.60 Å². The maximum Gasteiger partial charge on any atom is 0.416 e. The molecule has 1 amide bonds. The minimum atomic E-state index is -0.580. The van der Waals surface area contributed by atoms with Crippen LogP contribution in [0.4, 0.5) is 10.6 Å². The van der Waals surface area contributed by atoms with Crippen LogP contribution in [0.1, 0.15) is 57.7 Å². The van der Waals surface area contributed by atoms with E-state index in [0.29, 0.717) is 23.6 Å². The van der Waals surface area contributed by atoms with Crippen LogP contribution in [0.15, 0.2) is 36.9 Å². The number of nitrogens with zero attached hydrogens (tertiary/aromatic N) is 6. The molecule has 0 unspecified atom stereocenters. The topological polar surface area (TPSA) is 117 Å². The van der Waals surface area contributed by atoms with Crippen molar-refractivity contribution in [1.29, 1.82) is 5.26 Å². The number of rotatable bonds is 5. The minimum absolute atomic E-state index is 0.0432. The average Bonchev–Trinajstić information content (AvgIpc) is 3.38. The van der Waals surface area contributed by atoms with E-state index in [1.165, 1.54) is 0 Å². The van der Waals surface area contributed by atoms with Gasteiger partial charge in [0.15, 0.2) is 5.82 Å². The van der Waals surface area contributed by atoms with Crippen LogP contribution in [-0.2, 0) is 16.7 Å². The molecule has 9 nitrogen and oxygen atoms in total. The standard InChI is InChI=1S/C26H30N6O3/c1-24(2,16-33)21-11-29-22(12-28-21)32-15-26(35-23(32)34)8-4-7-25(3,13-26)14-31-17-30-19-6-5-18(10-27)9-20(19)31/h5-6,9,11-12,17,33H,4,7-8,13-16H2,1-3H3/t25-,26+/m0/s1. The quantitative estimate of drug-likeness (QED) is 0.595. The third-order valence-corrected chi connectivity index (χ3v) is 7.44. The summed E-state index contributed by atoms with van der Waals surface area (Å²) < 4.78 is 8.13. The molecule has 2 aliphatic rings. The highest BCUT2D eigenvalue weighted by molar-refractivity contribution is 5.89. The van der Waals surface area contributed by atoms with Gasteiger partial charge in [-0.05, 0) is 49.3 Å². The number of carbonyl (C=O) groups excluding carboxylic acids is 1. The molecule has 0 bridgehead atoms. The van der Waals surface area contributed by atoms with Gasteiger partial charge in [-0.3, -0.25) is 9.88 Å². The van der Waals surface area contributed by atoms with Gasteiger partial charge < -0.3 is 14.4 Å². The monoisotopic (exact) mass is 474 g/mol. The number of hydrogen-bond donors (Lipinski definition) is 1. The molecule has 3 heterocycles. The summed E-state index contributed by atoms with van der Waals surface area (Å²) in [5.74, 6) is 0.460. The number of hydrogen-bond acceptors (Lipinski definition) is 7. The van der Waals surface area contributed by atoms with Crippen LogP contribution in [0.3, 0.4) is 0 Å². The van der Waals surface area contributed by atoms with Crippen molar-refractivity contribution in [3.63, 3.8) is 0 Å². The largest absolute Gasteiger partial charge is 0.441 e. The van der Waals surface area contributed by atoms with Crippen molar-refractivity contribution in [2.24, 2.45) is 5.41 Å². The highest BCUT2D eigenvalue weighted by Crippen LogP contribution is 2.47. The predicted molar refractivity (Wildman–Crippen MR) is 130 cm³/mol. The third kappa shape index (κ3) is 4.23. The molecule has 1 spiro atoms. The number of imidazole rings is 1. The Bertz CT molecular complexity index is 1310. The lowest BCUT2D eigenvalue weighted by Gasteiger charge is -2.43. The van der Waals surface area contributed by atoms with Gasteiger partial charge in [0.2, 0.25) is 0 Å². The van der Waals surface area contributed by atoms with Gasteiger partial charge in [-0.2, -0.15) is 5.26 Å². The molecule has 9 heteroatoms. The van der Waals surface area contributed by atoms with E-state index in [9.17, 15) is 15.2 Å². The van der Waals surface area contributed by atoms with Crippen molar-refractivity contribution in [1.82, 2.24) is 19.5 Å². The number of nitriles is 1. The molecule has 3 aromatic rings. The van der Waals surface area contributed by atoms with E-state index in [4.69, 9.17) is 4.74 Å². The fraction of sp³-hybridized carbons (Fsp3) is 0.500. The van der Waals surface area contributed by atoms with Crippen LogP contribution in [0, 0.1) is 16.7 Å². The molecular weight excluding hydrogens is 444 g/mol. The van der Waals surface area contributed by atoms with E-state index in [1.807, 2.05) is 32.3 Å². The molecule has 2 atom stereocenters. The number of amides is 1. The summed E-state index contributed by atoms with van der Waals surface area (Å²) >= 11 is 0. The Morgan fingerprint density at radius 3 is 2.77 bits per heavy atom.